The van der Waals surface area contributed by atoms with Crippen LogP contribution in [0.15, 0.2) is 34.7 Å². The summed E-state index contributed by atoms with van der Waals surface area (Å²) in [6.45, 7) is 3.66. The molecule has 0 aliphatic carbocycles. The molecule has 1 aliphatic heterocycles. The first-order chi connectivity index (χ1) is 7.92. The molecule has 0 amide bonds. The van der Waals surface area contributed by atoms with E-state index >= 15 is 0 Å². The first-order valence-electron chi connectivity index (χ1n) is 6.23. The van der Waals surface area contributed by atoms with Gasteiger partial charge in [-0.2, -0.15) is 0 Å². The number of quaternary nitrogens is 1. The van der Waals surface area contributed by atoms with Crippen LogP contribution < -0.4 is 4.90 Å². The van der Waals surface area contributed by atoms with Crippen molar-refractivity contribution in [3.05, 3.63) is 36.1 Å². The molecule has 2 heterocycles. The van der Waals surface area contributed by atoms with Crippen LogP contribution in [0, 0.1) is 0 Å². The fourth-order valence-electron chi connectivity index (χ4n) is 2.60. The number of benzene rings is 1. The van der Waals surface area contributed by atoms with Gasteiger partial charge in [0.25, 0.3) is 0 Å². The Labute approximate surface area is 95.9 Å². The van der Waals surface area contributed by atoms with Gasteiger partial charge in [0.2, 0.25) is 0 Å². The van der Waals surface area contributed by atoms with Gasteiger partial charge >= 0.3 is 0 Å². The molecule has 3 rings (SSSR count). The van der Waals surface area contributed by atoms with Gasteiger partial charge in [0.05, 0.1) is 13.1 Å². The van der Waals surface area contributed by atoms with Crippen molar-refractivity contribution < 1.29 is 9.32 Å². The van der Waals surface area contributed by atoms with Crippen molar-refractivity contribution in [1.82, 2.24) is 0 Å². The smallest absolute Gasteiger partial charge is 0.159 e. The molecule has 1 fully saturated rings. The summed E-state index contributed by atoms with van der Waals surface area (Å²) in [5.74, 6) is 1.14. The predicted molar refractivity (Wildman–Crippen MR) is 64.5 cm³/mol. The number of hydrogen-bond donors (Lipinski definition) is 1. The second kappa shape index (κ2) is 4.30. The van der Waals surface area contributed by atoms with E-state index in [1.165, 1.54) is 37.7 Å². The van der Waals surface area contributed by atoms with Crippen molar-refractivity contribution in [3.8, 4) is 0 Å². The minimum absolute atomic E-state index is 1.02. The monoisotopic (exact) mass is 216 g/mol. The third kappa shape index (κ3) is 1.98. The number of likely N-dealkylation sites (tertiary alicyclic amines) is 1. The van der Waals surface area contributed by atoms with E-state index in [4.69, 9.17) is 4.42 Å². The third-order valence-corrected chi connectivity index (χ3v) is 3.46. The van der Waals surface area contributed by atoms with Crippen molar-refractivity contribution in [1.29, 1.82) is 0 Å². The number of nitrogens with one attached hydrogen (secondary N) is 1. The standard InChI is InChI=1S/C14H17NO/c1-4-8-15(9-5-1)11-13-10-12-6-2-3-7-14(12)16-13/h2-3,6-7,10H,1,4-5,8-9,11H2/p+1. The minimum Gasteiger partial charge on any atom is -0.455 e. The van der Waals surface area contributed by atoms with E-state index in [0.717, 1.165) is 17.9 Å². The van der Waals surface area contributed by atoms with Gasteiger partial charge in [-0.3, -0.25) is 0 Å². The van der Waals surface area contributed by atoms with Crippen LogP contribution in [0.5, 0.6) is 0 Å². The van der Waals surface area contributed by atoms with Crippen molar-refractivity contribution in [2.75, 3.05) is 13.1 Å². The van der Waals surface area contributed by atoms with E-state index < -0.39 is 0 Å². The number of piperidine rings is 1. The summed E-state index contributed by atoms with van der Waals surface area (Å²) in [6, 6.07) is 10.5. The molecular weight excluding hydrogens is 198 g/mol. The molecular formula is C14H18NO+. The zero-order valence-electron chi connectivity index (χ0n) is 9.54. The fraction of sp³-hybridized carbons (Fsp3) is 0.429. The van der Waals surface area contributed by atoms with Crippen LogP contribution in [0.25, 0.3) is 11.0 Å². The molecule has 2 aromatic rings. The molecule has 1 aromatic carbocycles. The lowest BCUT2D eigenvalue weighted by molar-refractivity contribution is -0.919. The molecule has 1 aliphatic rings. The summed E-state index contributed by atoms with van der Waals surface area (Å²) in [5, 5.41) is 1.23. The maximum absolute atomic E-state index is 5.85. The summed E-state index contributed by atoms with van der Waals surface area (Å²) in [7, 11) is 0. The molecule has 84 valence electrons. The first kappa shape index (κ1) is 9.91. The first-order valence-corrected chi connectivity index (χ1v) is 6.23. The zero-order valence-corrected chi connectivity index (χ0v) is 9.54. The van der Waals surface area contributed by atoms with Crippen molar-refractivity contribution in [3.63, 3.8) is 0 Å². The Kier molecular flexibility index (Phi) is 2.66. The molecule has 16 heavy (non-hydrogen) atoms. The van der Waals surface area contributed by atoms with E-state index in [-0.39, 0.29) is 0 Å². The molecule has 2 heteroatoms. The molecule has 0 saturated carbocycles. The highest BCUT2D eigenvalue weighted by molar-refractivity contribution is 5.77. The van der Waals surface area contributed by atoms with E-state index in [1.807, 2.05) is 12.1 Å². The molecule has 1 aromatic heterocycles. The maximum Gasteiger partial charge on any atom is 0.159 e. The summed E-state index contributed by atoms with van der Waals surface area (Å²) in [5.41, 5.74) is 1.02. The largest absolute Gasteiger partial charge is 0.455 e. The van der Waals surface area contributed by atoms with Crippen LogP contribution in [0.2, 0.25) is 0 Å². The Morgan fingerprint density at radius 1 is 1.06 bits per heavy atom. The highest BCUT2D eigenvalue weighted by Gasteiger charge is 2.15. The Bertz CT molecular complexity index is 435. The molecule has 1 N–H and O–H groups in total. The molecule has 0 bridgehead atoms. The number of furan rings is 1. The van der Waals surface area contributed by atoms with Crippen molar-refractivity contribution >= 4 is 11.0 Å². The normalized spacial score (nSPS) is 18.0. The number of hydrogen-bond acceptors (Lipinski definition) is 1. The van der Waals surface area contributed by atoms with Gasteiger partial charge in [0.15, 0.2) is 5.76 Å². The van der Waals surface area contributed by atoms with Gasteiger partial charge in [-0.25, -0.2) is 0 Å². The van der Waals surface area contributed by atoms with E-state index in [0.29, 0.717) is 0 Å². The molecule has 2 nitrogen and oxygen atoms in total. The lowest BCUT2D eigenvalue weighted by atomic mass is 10.1. The molecule has 0 atom stereocenters. The second-order valence-corrected chi connectivity index (χ2v) is 4.74. The lowest BCUT2D eigenvalue weighted by Gasteiger charge is -2.22. The molecule has 1 saturated heterocycles. The summed E-state index contributed by atoms with van der Waals surface area (Å²) < 4.78 is 5.85. The zero-order chi connectivity index (χ0) is 10.8. The Balaban J connectivity index is 1.78. The van der Waals surface area contributed by atoms with Gasteiger partial charge in [-0.15, -0.1) is 0 Å². The molecule has 0 spiro atoms. The topological polar surface area (TPSA) is 17.6 Å². The average molecular weight is 216 g/mol. The van der Waals surface area contributed by atoms with Gasteiger partial charge in [-0.05, 0) is 31.4 Å². The van der Waals surface area contributed by atoms with Crippen LogP contribution in [0.3, 0.4) is 0 Å². The quantitative estimate of drug-likeness (QED) is 0.813. The summed E-state index contributed by atoms with van der Waals surface area (Å²) in [6.07, 6.45) is 4.15. The van der Waals surface area contributed by atoms with Crippen LogP contribution in [-0.2, 0) is 6.54 Å². The van der Waals surface area contributed by atoms with E-state index in [1.54, 1.807) is 4.90 Å². The van der Waals surface area contributed by atoms with Gasteiger partial charge < -0.3 is 9.32 Å². The van der Waals surface area contributed by atoms with Crippen molar-refractivity contribution in [2.24, 2.45) is 0 Å². The second-order valence-electron chi connectivity index (χ2n) is 4.74. The molecule has 0 radical (unpaired) electrons. The van der Waals surface area contributed by atoms with Crippen LogP contribution in [0.1, 0.15) is 25.0 Å². The minimum atomic E-state index is 1.02. The van der Waals surface area contributed by atoms with Gasteiger partial charge in [-0.1, -0.05) is 18.2 Å². The highest BCUT2D eigenvalue weighted by Crippen LogP contribution is 2.18. The Morgan fingerprint density at radius 3 is 2.69 bits per heavy atom. The average Bonchev–Trinajstić information content (AvgIpc) is 2.72. The van der Waals surface area contributed by atoms with E-state index in [2.05, 4.69) is 18.2 Å². The van der Waals surface area contributed by atoms with Crippen LogP contribution in [-0.4, -0.2) is 13.1 Å². The van der Waals surface area contributed by atoms with Crippen LogP contribution >= 0.6 is 0 Å². The highest BCUT2D eigenvalue weighted by atomic mass is 16.3. The lowest BCUT2D eigenvalue weighted by Crippen LogP contribution is -3.11. The summed E-state index contributed by atoms with van der Waals surface area (Å²) >= 11 is 0. The number of fused-ring (bicyclic) bond motifs is 1. The SMILES string of the molecule is c1ccc2oc(C[NH+]3CCCCC3)cc2c1. The maximum atomic E-state index is 5.85. The Hall–Kier alpha value is -1.28. The fourth-order valence-corrected chi connectivity index (χ4v) is 2.60. The van der Waals surface area contributed by atoms with Crippen LogP contribution in [0.4, 0.5) is 0 Å². The Morgan fingerprint density at radius 2 is 1.88 bits per heavy atom. The number of para-hydroxylation sites is 1. The van der Waals surface area contributed by atoms with Crippen molar-refractivity contribution in [2.45, 2.75) is 25.8 Å². The predicted octanol–water partition coefficient (Wildman–Crippen LogP) is 2.00. The van der Waals surface area contributed by atoms with E-state index in [9.17, 15) is 0 Å². The van der Waals surface area contributed by atoms with Gasteiger partial charge in [0, 0.05) is 5.39 Å². The van der Waals surface area contributed by atoms with Gasteiger partial charge in [0.1, 0.15) is 12.1 Å². The number of rotatable bonds is 2. The third-order valence-electron chi connectivity index (χ3n) is 3.46. The summed E-state index contributed by atoms with van der Waals surface area (Å²) in [4.78, 5) is 1.67. The molecule has 0 unspecified atom stereocenters.